The lowest BCUT2D eigenvalue weighted by atomic mass is 10.1. The van der Waals surface area contributed by atoms with Crippen LogP contribution in [-0.4, -0.2) is 65.7 Å². The number of pyridine rings is 1. The molecule has 2 aromatic carbocycles. The highest BCUT2D eigenvalue weighted by molar-refractivity contribution is 5.97. The first-order valence-corrected chi connectivity index (χ1v) is 12.5. The van der Waals surface area contributed by atoms with Gasteiger partial charge in [0.25, 0.3) is 17.7 Å². The first-order valence-electron chi connectivity index (χ1n) is 12.5. The van der Waals surface area contributed by atoms with Crippen LogP contribution in [0.1, 0.15) is 35.7 Å². The first-order chi connectivity index (χ1) is 19.0. The normalized spacial score (nSPS) is 13.5. The van der Waals surface area contributed by atoms with E-state index in [0.29, 0.717) is 25.9 Å². The topological polar surface area (TPSA) is 131 Å². The van der Waals surface area contributed by atoms with Crippen molar-refractivity contribution >= 4 is 17.6 Å². The minimum Gasteiger partial charge on any atom is -0.484 e. The minimum atomic E-state index is -1.21. The second kappa shape index (κ2) is 12.0. The van der Waals surface area contributed by atoms with Crippen molar-refractivity contribution in [1.29, 1.82) is 5.41 Å². The van der Waals surface area contributed by atoms with Gasteiger partial charge in [0.2, 0.25) is 23.3 Å². The molecule has 10 nitrogen and oxygen atoms in total. The van der Waals surface area contributed by atoms with E-state index in [2.05, 4.69) is 4.98 Å². The molecule has 210 valence electrons. The fraction of sp³-hybridized carbons (Fsp3) is 0.286. The number of amidine groups is 1. The maximum Gasteiger partial charge on any atom is 0.263 e. The number of benzene rings is 2. The fourth-order valence-corrected chi connectivity index (χ4v) is 4.12. The molecule has 40 heavy (non-hydrogen) atoms. The molecule has 1 aromatic heterocycles. The number of ether oxygens (including phenoxy) is 3. The van der Waals surface area contributed by atoms with Gasteiger partial charge in [-0.1, -0.05) is 18.2 Å². The SMILES string of the molecule is CC(=O)N1CCC(Oc2c(F)c(Oc3cccc(C(=O)N(C)C)c3)nc(Oc3ccccc3C(=N)N)c2F)CC1. The molecular formula is C28H29F2N5O5. The van der Waals surface area contributed by atoms with Gasteiger partial charge < -0.3 is 29.7 Å². The number of rotatable bonds is 8. The van der Waals surface area contributed by atoms with Gasteiger partial charge in [0, 0.05) is 52.5 Å². The van der Waals surface area contributed by atoms with E-state index in [1.807, 2.05) is 0 Å². The predicted octanol–water partition coefficient (Wildman–Crippen LogP) is 4.32. The van der Waals surface area contributed by atoms with E-state index in [-0.39, 0.29) is 40.3 Å². The first kappa shape index (κ1) is 28.3. The van der Waals surface area contributed by atoms with Gasteiger partial charge >= 0.3 is 0 Å². The highest BCUT2D eigenvalue weighted by Gasteiger charge is 2.30. The van der Waals surface area contributed by atoms with Crippen LogP contribution in [0.15, 0.2) is 48.5 Å². The molecule has 12 heteroatoms. The van der Waals surface area contributed by atoms with E-state index in [1.54, 1.807) is 43.3 Å². The molecule has 1 aliphatic heterocycles. The van der Waals surface area contributed by atoms with E-state index in [0.717, 1.165) is 0 Å². The molecule has 1 fully saturated rings. The Balaban J connectivity index is 1.72. The monoisotopic (exact) mass is 553 g/mol. The van der Waals surface area contributed by atoms with Crippen molar-refractivity contribution in [2.24, 2.45) is 5.73 Å². The van der Waals surface area contributed by atoms with Gasteiger partial charge in [0.1, 0.15) is 23.4 Å². The predicted molar refractivity (Wildman–Crippen MR) is 142 cm³/mol. The number of halogens is 2. The molecule has 0 atom stereocenters. The van der Waals surface area contributed by atoms with E-state index >= 15 is 8.78 Å². The molecule has 4 rings (SSSR count). The minimum absolute atomic E-state index is 0.0123. The zero-order chi connectivity index (χ0) is 29.0. The third kappa shape index (κ3) is 6.28. The van der Waals surface area contributed by atoms with Crippen LogP contribution < -0.4 is 19.9 Å². The van der Waals surface area contributed by atoms with E-state index in [9.17, 15) is 9.59 Å². The van der Waals surface area contributed by atoms with Gasteiger partial charge in [-0.15, -0.1) is 0 Å². The summed E-state index contributed by atoms with van der Waals surface area (Å²) in [6, 6.07) is 12.2. The molecular weight excluding hydrogens is 524 g/mol. The Hall–Kier alpha value is -4.74. The van der Waals surface area contributed by atoms with Crippen molar-refractivity contribution in [3.63, 3.8) is 0 Å². The lowest BCUT2D eigenvalue weighted by Gasteiger charge is -2.31. The highest BCUT2D eigenvalue weighted by atomic mass is 19.1. The molecule has 1 saturated heterocycles. The number of likely N-dealkylation sites (tertiary alicyclic amines) is 1. The van der Waals surface area contributed by atoms with Gasteiger partial charge in [-0.25, -0.2) is 0 Å². The number of piperidine rings is 1. The van der Waals surface area contributed by atoms with Crippen molar-refractivity contribution in [3.8, 4) is 29.0 Å². The van der Waals surface area contributed by atoms with Crippen molar-refractivity contribution < 1.29 is 32.6 Å². The third-order valence-electron chi connectivity index (χ3n) is 6.23. The molecule has 2 heterocycles. The maximum atomic E-state index is 15.7. The summed E-state index contributed by atoms with van der Waals surface area (Å²) in [6.45, 7) is 2.20. The van der Waals surface area contributed by atoms with Crippen LogP contribution in [0.3, 0.4) is 0 Å². The Morgan fingerprint density at radius 1 is 1.02 bits per heavy atom. The zero-order valence-electron chi connectivity index (χ0n) is 22.2. The number of nitrogens with one attached hydrogen (secondary N) is 1. The summed E-state index contributed by atoms with van der Waals surface area (Å²) in [4.78, 5) is 31.0. The molecule has 3 N–H and O–H groups in total. The Labute approximate surface area is 229 Å². The number of nitrogen functional groups attached to an aromatic ring is 1. The molecule has 3 aromatic rings. The number of amides is 2. The number of nitrogens with zero attached hydrogens (tertiary/aromatic N) is 3. The van der Waals surface area contributed by atoms with Crippen LogP contribution >= 0.6 is 0 Å². The molecule has 0 aliphatic carbocycles. The third-order valence-corrected chi connectivity index (χ3v) is 6.23. The Morgan fingerprint density at radius 3 is 2.30 bits per heavy atom. The second-order valence-corrected chi connectivity index (χ2v) is 9.34. The lowest BCUT2D eigenvalue weighted by Crippen LogP contribution is -2.40. The molecule has 0 unspecified atom stereocenters. The number of hydrogen-bond donors (Lipinski definition) is 2. The molecule has 0 bridgehead atoms. The summed E-state index contributed by atoms with van der Waals surface area (Å²) in [5.74, 6) is -5.14. The maximum absolute atomic E-state index is 15.7. The van der Waals surface area contributed by atoms with Crippen molar-refractivity contribution in [1.82, 2.24) is 14.8 Å². The highest BCUT2D eigenvalue weighted by Crippen LogP contribution is 2.39. The molecule has 2 amide bonds. The van der Waals surface area contributed by atoms with Crippen LogP contribution in [0, 0.1) is 17.0 Å². The summed E-state index contributed by atoms with van der Waals surface area (Å²) in [6.07, 6.45) is 0.123. The number of para-hydroxylation sites is 1. The van der Waals surface area contributed by atoms with Crippen LogP contribution in [-0.2, 0) is 4.79 Å². The number of hydrogen-bond acceptors (Lipinski definition) is 7. The fourth-order valence-electron chi connectivity index (χ4n) is 4.12. The van der Waals surface area contributed by atoms with E-state index < -0.39 is 35.2 Å². The largest absolute Gasteiger partial charge is 0.484 e. The number of nitrogens with two attached hydrogens (primary N) is 1. The Kier molecular flexibility index (Phi) is 8.46. The lowest BCUT2D eigenvalue weighted by molar-refractivity contribution is -0.130. The van der Waals surface area contributed by atoms with Gasteiger partial charge in [0.15, 0.2) is 0 Å². The summed E-state index contributed by atoms with van der Waals surface area (Å²) < 4.78 is 48.5. The number of aromatic nitrogens is 1. The van der Waals surface area contributed by atoms with Crippen molar-refractivity contribution in [2.45, 2.75) is 25.9 Å². The van der Waals surface area contributed by atoms with Crippen molar-refractivity contribution in [3.05, 3.63) is 71.3 Å². The number of carbonyl (C=O) groups excluding carboxylic acids is 2. The van der Waals surface area contributed by atoms with E-state index in [1.165, 1.54) is 36.1 Å². The van der Waals surface area contributed by atoms with Crippen LogP contribution in [0.25, 0.3) is 0 Å². The second-order valence-electron chi connectivity index (χ2n) is 9.34. The van der Waals surface area contributed by atoms with Gasteiger partial charge in [-0.05, 0) is 30.3 Å². The molecule has 0 radical (unpaired) electrons. The van der Waals surface area contributed by atoms with E-state index in [4.69, 9.17) is 25.4 Å². The Bertz CT molecular complexity index is 1440. The van der Waals surface area contributed by atoms with Crippen LogP contribution in [0.5, 0.6) is 29.0 Å². The molecule has 0 saturated carbocycles. The molecule has 1 aliphatic rings. The standard InChI is InChI=1S/C28H29F2N5O5/c1-16(36)35-13-11-18(12-14-35)38-24-22(29)26(39-19-8-6-7-17(15-19)28(37)34(2)3)33-27(23(24)30)40-21-10-5-4-9-20(21)25(31)32/h4-10,15,18H,11-14H2,1-3H3,(H3,31,32). The summed E-state index contributed by atoms with van der Waals surface area (Å²) in [5, 5.41) is 7.78. The quantitative estimate of drug-likeness (QED) is 0.314. The number of carbonyl (C=O) groups is 2. The molecule has 0 spiro atoms. The van der Waals surface area contributed by atoms with Crippen LogP contribution in [0.4, 0.5) is 8.78 Å². The van der Waals surface area contributed by atoms with Crippen molar-refractivity contribution in [2.75, 3.05) is 27.2 Å². The Morgan fingerprint density at radius 2 is 1.68 bits per heavy atom. The average Bonchev–Trinajstić information content (AvgIpc) is 2.93. The zero-order valence-corrected chi connectivity index (χ0v) is 22.2. The van der Waals surface area contributed by atoms with Gasteiger partial charge in [0.05, 0.1) is 5.56 Å². The average molecular weight is 554 g/mol. The smallest absolute Gasteiger partial charge is 0.263 e. The summed E-state index contributed by atoms with van der Waals surface area (Å²) >= 11 is 0. The summed E-state index contributed by atoms with van der Waals surface area (Å²) in [5.41, 5.74) is 6.08. The van der Waals surface area contributed by atoms with Gasteiger partial charge in [-0.3, -0.25) is 15.0 Å². The summed E-state index contributed by atoms with van der Waals surface area (Å²) in [7, 11) is 3.17. The van der Waals surface area contributed by atoms with Crippen LogP contribution in [0.2, 0.25) is 0 Å². The van der Waals surface area contributed by atoms with Gasteiger partial charge in [-0.2, -0.15) is 13.8 Å².